The van der Waals surface area contributed by atoms with Crippen LogP contribution in [0.5, 0.6) is 0 Å². The maximum absolute atomic E-state index is 13.3. The molecule has 0 spiro atoms. The molecular formula is C14H6F12O4. The molecule has 0 heterocycles. The van der Waals surface area contributed by atoms with E-state index in [0.717, 1.165) is 0 Å². The van der Waals surface area contributed by atoms with E-state index < -0.39 is 60.0 Å². The van der Waals surface area contributed by atoms with Gasteiger partial charge < -0.3 is 9.47 Å². The van der Waals surface area contributed by atoms with Crippen LogP contribution >= 0.6 is 0 Å². The molecule has 0 saturated carbocycles. The third-order valence-electron chi connectivity index (χ3n) is 3.17. The fraction of sp³-hybridized carbons (Fsp3) is 0.429. The molecular weight excluding hydrogens is 460 g/mol. The third-order valence-corrected chi connectivity index (χ3v) is 3.17. The molecule has 170 valence electrons. The Bertz CT molecular complexity index is 708. The molecule has 4 nitrogen and oxygen atoms in total. The van der Waals surface area contributed by atoms with E-state index in [0.29, 0.717) is 0 Å². The van der Waals surface area contributed by atoms with Crippen LogP contribution in [0.4, 0.5) is 52.7 Å². The summed E-state index contributed by atoms with van der Waals surface area (Å²) in [5.41, 5.74) is -2.23. The Morgan fingerprint density at radius 1 is 0.600 bits per heavy atom. The minimum Gasteiger partial charge on any atom is -0.411 e. The van der Waals surface area contributed by atoms with Gasteiger partial charge in [-0.25, -0.2) is 27.2 Å². The molecule has 0 aliphatic heterocycles. The fourth-order valence-electron chi connectivity index (χ4n) is 1.58. The lowest BCUT2D eigenvalue weighted by Crippen LogP contribution is -2.51. The third kappa shape index (κ3) is 4.89. The van der Waals surface area contributed by atoms with E-state index in [1.807, 2.05) is 0 Å². The van der Waals surface area contributed by atoms with Crippen LogP contribution in [0.25, 0.3) is 0 Å². The lowest BCUT2D eigenvalue weighted by atomic mass is 10.1. The highest BCUT2D eigenvalue weighted by Crippen LogP contribution is 2.41. The first-order valence-electron chi connectivity index (χ1n) is 7.01. The summed E-state index contributed by atoms with van der Waals surface area (Å²) in [6.07, 6.45) is -22.4. The van der Waals surface area contributed by atoms with Crippen molar-refractivity contribution in [2.45, 2.75) is 36.9 Å². The van der Waals surface area contributed by atoms with Crippen LogP contribution < -0.4 is 0 Å². The summed E-state index contributed by atoms with van der Waals surface area (Å²) in [5, 5.41) is 0. The number of benzene rings is 1. The molecule has 30 heavy (non-hydrogen) atoms. The zero-order valence-corrected chi connectivity index (χ0v) is 13.6. The van der Waals surface area contributed by atoms with Crippen molar-refractivity contribution in [2.75, 3.05) is 0 Å². The lowest BCUT2D eigenvalue weighted by molar-refractivity contribution is -0.349. The van der Waals surface area contributed by atoms with E-state index in [4.69, 9.17) is 0 Å². The molecule has 0 bridgehead atoms. The maximum Gasteiger partial charge on any atom is 0.466 e. The average Bonchev–Trinajstić information content (AvgIpc) is 2.59. The zero-order chi connectivity index (χ0) is 23.7. The molecule has 1 aromatic rings. The van der Waals surface area contributed by atoms with E-state index in [2.05, 4.69) is 9.47 Å². The van der Waals surface area contributed by atoms with Gasteiger partial charge in [-0.1, -0.05) is 0 Å². The smallest absolute Gasteiger partial charge is 0.411 e. The first-order chi connectivity index (χ1) is 13.4. The number of hydrogen-bond acceptors (Lipinski definition) is 4. The first kappa shape index (κ1) is 25.4. The highest BCUT2D eigenvalue weighted by molar-refractivity contribution is 5.93. The summed E-state index contributed by atoms with van der Waals surface area (Å²) >= 11 is 0. The molecule has 0 amide bonds. The Hall–Kier alpha value is -2.68. The van der Waals surface area contributed by atoms with Crippen molar-refractivity contribution in [3.05, 3.63) is 35.4 Å². The first-order valence-corrected chi connectivity index (χ1v) is 7.01. The number of alkyl halides is 12. The van der Waals surface area contributed by atoms with E-state index in [9.17, 15) is 62.3 Å². The van der Waals surface area contributed by atoms with Crippen molar-refractivity contribution in [1.82, 2.24) is 0 Å². The highest BCUT2D eigenvalue weighted by Gasteiger charge is 2.67. The normalized spacial score (nSPS) is 16.7. The molecule has 2 atom stereocenters. The molecule has 0 unspecified atom stereocenters. The van der Waals surface area contributed by atoms with Gasteiger partial charge in [0.1, 0.15) is 0 Å². The molecule has 1 aromatic carbocycles. The van der Waals surface area contributed by atoms with Crippen LogP contribution in [0, 0.1) is 0 Å². The van der Waals surface area contributed by atoms with Gasteiger partial charge in [0, 0.05) is 0 Å². The second-order valence-electron chi connectivity index (χ2n) is 5.24. The molecule has 0 aromatic heterocycles. The molecule has 0 aliphatic carbocycles. The van der Waals surface area contributed by atoms with Gasteiger partial charge in [0.05, 0.1) is 11.1 Å². The summed E-state index contributed by atoms with van der Waals surface area (Å²) in [7, 11) is 0. The minimum absolute atomic E-state index is 0.261. The number of halogens is 12. The summed E-state index contributed by atoms with van der Waals surface area (Å²) in [6.45, 7) is 0. The van der Waals surface area contributed by atoms with E-state index in [-0.39, 0.29) is 24.3 Å². The molecule has 0 aliphatic rings. The van der Waals surface area contributed by atoms with Crippen molar-refractivity contribution in [3.8, 4) is 0 Å². The summed E-state index contributed by atoms with van der Waals surface area (Å²) in [5.74, 6) is -16.1. The Balaban J connectivity index is 3.06. The van der Waals surface area contributed by atoms with Crippen molar-refractivity contribution in [2.24, 2.45) is 0 Å². The molecule has 0 fully saturated rings. The second kappa shape index (κ2) is 8.22. The summed E-state index contributed by atoms with van der Waals surface area (Å²) < 4.78 is 156. The average molecular weight is 466 g/mol. The minimum atomic E-state index is -6.35. The molecule has 0 saturated heterocycles. The molecule has 0 N–H and O–H groups in total. The molecule has 0 radical (unpaired) electrons. The number of carbonyl (C=O) groups is 2. The fourth-order valence-corrected chi connectivity index (χ4v) is 1.58. The largest absolute Gasteiger partial charge is 0.466 e. The SMILES string of the molecule is O=C(O[C@@](F)(C(F)F)C(F)(F)F)c1ccc(C(=O)O[C@@](F)(C(F)F)C(F)(F)F)cc1. The summed E-state index contributed by atoms with van der Waals surface area (Å²) in [4.78, 5) is 22.8. The van der Waals surface area contributed by atoms with E-state index >= 15 is 0 Å². The summed E-state index contributed by atoms with van der Waals surface area (Å²) in [6, 6.07) is 1.04. The predicted octanol–water partition coefficient (Wildman–Crippen LogP) is 4.99. The van der Waals surface area contributed by atoms with Crippen LogP contribution in [0.2, 0.25) is 0 Å². The molecule has 1 rings (SSSR count). The van der Waals surface area contributed by atoms with Gasteiger partial charge in [-0.2, -0.15) is 35.1 Å². The van der Waals surface area contributed by atoms with Crippen LogP contribution in [0.3, 0.4) is 0 Å². The van der Waals surface area contributed by atoms with Crippen LogP contribution in [0.15, 0.2) is 24.3 Å². The maximum atomic E-state index is 13.3. The number of hydrogen-bond donors (Lipinski definition) is 0. The van der Waals surface area contributed by atoms with Crippen molar-refractivity contribution >= 4 is 11.9 Å². The van der Waals surface area contributed by atoms with Crippen LogP contribution in [-0.2, 0) is 9.47 Å². The van der Waals surface area contributed by atoms with Gasteiger partial charge in [-0.05, 0) is 24.3 Å². The number of rotatable bonds is 6. The van der Waals surface area contributed by atoms with Crippen molar-refractivity contribution < 1.29 is 71.7 Å². The van der Waals surface area contributed by atoms with E-state index in [1.54, 1.807) is 0 Å². The quantitative estimate of drug-likeness (QED) is 0.438. The van der Waals surface area contributed by atoms with E-state index in [1.165, 1.54) is 0 Å². The van der Waals surface area contributed by atoms with Gasteiger partial charge in [0.2, 0.25) is 0 Å². The Morgan fingerprint density at radius 3 is 1.00 bits per heavy atom. The van der Waals surface area contributed by atoms with Gasteiger partial charge in [0.25, 0.3) is 0 Å². The number of esters is 2. The van der Waals surface area contributed by atoms with Gasteiger partial charge >= 0.3 is 48.9 Å². The van der Waals surface area contributed by atoms with Gasteiger partial charge in [-0.3, -0.25) is 0 Å². The predicted molar refractivity (Wildman–Crippen MR) is 69.1 cm³/mol. The number of carbonyl (C=O) groups excluding carboxylic acids is 2. The Labute approximate surface area is 157 Å². The lowest BCUT2D eigenvalue weighted by Gasteiger charge is -2.26. The molecule has 16 heteroatoms. The second-order valence-corrected chi connectivity index (χ2v) is 5.24. The van der Waals surface area contributed by atoms with Crippen LogP contribution in [0.1, 0.15) is 20.7 Å². The van der Waals surface area contributed by atoms with Crippen LogP contribution in [-0.4, -0.2) is 48.9 Å². The highest BCUT2D eigenvalue weighted by atomic mass is 19.4. The van der Waals surface area contributed by atoms with Crippen molar-refractivity contribution in [1.29, 1.82) is 0 Å². The standard InChI is InChI=1S/C14H6F12O4/c15-9(16)11(19,13(21,22)23)29-7(27)5-1-2-6(4-3-5)8(28)30-12(20,10(17)18)14(24,25)26/h1-4,9-10H/t11-,12-/m0/s1. The topological polar surface area (TPSA) is 52.6 Å². The number of ether oxygens (including phenoxy) is 2. The van der Waals surface area contributed by atoms with Gasteiger partial charge in [0.15, 0.2) is 0 Å². The Kier molecular flexibility index (Phi) is 6.94. The van der Waals surface area contributed by atoms with Gasteiger partial charge in [-0.15, -0.1) is 0 Å². The zero-order valence-electron chi connectivity index (χ0n) is 13.6. The Morgan fingerprint density at radius 2 is 0.833 bits per heavy atom. The van der Waals surface area contributed by atoms with Crippen molar-refractivity contribution in [3.63, 3.8) is 0 Å². The monoisotopic (exact) mass is 466 g/mol.